The lowest BCUT2D eigenvalue weighted by molar-refractivity contribution is -0.143. The molecule has 0 aliphatic carbocycles. The van der Waals surface area contributed by atoms with Gasteiger partial charge in [-0.05, 0) is 6.92 Å². The van der Waals surface area contributed by atoms with Crippen LogP contribution in [0.25, 0.3) is 0 Å². The second-order valence-corrected chi connectivity index (χ2v) is 3.76. The van der Waals surface area contributed by atoms with Crippen molar-refractivity contribution in [3.8, 4) is 0 Å². The molecule has 0 saturated heterocycles. The standard InChI is InChI=1S/C7H10Br2O3/c1-2-12-7(11)6(9)3-5(10)4-8/h6H,2-4H2,1H3. The van der Waals surface area contributed by atoms with Crippen LogP contribution in [0.5, 0.6) is 0 Å². The first kappa shape index (κ1) is 12.1. The van der Waals surface area contributed by atoms with Gasteiger partial charge in [-0.1, -0.05) is 31.9 Å². The number of carbonyl (C=O) groups is 2. The van der Waals surface area contributed by atoms with E-state index in [4.69, 9.17) is 4.74 Å². The lowest BCUT2D eigenvalue weighted by Crippen LogP contribution is -2.21. The Hall–Kier alpha value is 0.1000. The smallest absolute Gasteiger partial charge is 0.320 e. The monoisotopic (exact) mass is 300 g/mol. The predicted molar refractivity (Wildman–Crippen MR) is 52.8 cm³/mol. The summed E-state index contributed by atoms with van der Waals surface area (Å²) in [6.45, 7) is 2.06. The van der Waals surface area contributed by atoms with E-state index in [0.717, 1.165) is 0 Å². The molecule has 0 radical (unpaired) electrons. The Morgan fingerprint density at radius 3 is 2.50 bits per heavy atom. The van der Waals surface area contributed by atoms with Crippen LogP contribution in [0, 0.1) is 0 Å². The van der Waals surface area contributed by atoms with Crippen molar-refractivity contribution in [3.05, 3.63) is 0 Å². The number of ketones is 1. The normalized spacial score (nSPS) is 12.2. The molecule has 0 aliphatic rings. The second-order valence-electron chi connectivity index (χ2n) is 2.10. The van der Waals surface area contributed by atoms with Gasteiger partial charge in [0.15, 0.2) is 0 Å². The molecule has 0 amide bonds. The number of carbonyl (C=O) groups excluding carboxylic acids is 2. The molecule has 5 heteroatoms. The van der Waals surface area contributed by atoms with Crippen LogP contribution in [0.2, 0.25) is 0 Å². The van der Waals surface area contributed by atoms with Gasteiger partial charge in [0.05, 0.1) is 11.9 Å². The third kappa shape index (κ3) is 4.87. The van der Waals surface area contributed by atoms with Crippen LogP contribution < -0.4 is 0 Å². The maximum atomic E-state index is 11.0. The van der Waals surface area contributed by atoms with Gasteiger partial charge in [0.1, 0.15) is 10.6 Å². The molecule has 0 bridgehead atoms. The molecule has 12 heavy (non-hydrogen) atoms. The Kier molecular flexibility index (Phi) is 6.65. The lowest BCUT2D eigenvalue weighted by atomic mass is 10.2. The quantitative estimate of drug-likeness (QED) is 0.573. The summed E-state index contributed by atoms with van der Waals surface area (Å²) in [5.41, 5.74) is 0. The largest absolute Gasteiger partial charge is 0.465 e. The van der Waals surface area contributed by atoms with Crippen LogP contribution in [0.3, 0.4) is 0 Å². The van der Waals surface area contributed by atoms with Gasteiger partial charge < -0.3 is 4.74 Å². The van der Waals surface area contributed by atoms with Crippen LogP contribution in [0.1, 0.15) is 13.3 Å². The van der Waals surface area contributed by atoms with Crippen molar-refractivity contribution in [2.45, 2.75) is 18.2 Å². The highest BCUT2D eigenvalue weighted by Gasteiger charge is 2.18. The molecule has 0 N–H and O–H groups in total. The zero-order valence-electron chi connectivity index (χ0n) is 6.68. The van der Waals surface area contributed by atoms with E-state index < -0.39 is 4.83 Å². The molecule has 3 nitrogen and oxygen atoms in total. The van der Waals surface area contributed by atoms with Crippen LogP contribution in [-0.2, 0) is 14.3 Å². The third-order valence-corrected chi connectivity index (χ3v) is 2.42. The van der Waals surface area contributed by atoms with E-state index in [1.807, 2.05) is 0 Å². The van der Waals surface area contributed by atoms with Crippen LogP contribution in [0.4, 0.5) is 0 Å². The van der Waals surface area contributed by atoms with Crippen LogP contribution in [0.15, 0.2) is 0 Å². The first-order valence-corrected chi connectivity index (χ1v) is 5.53. The van der Waals surface area contributed by atoms with Gasteiger partial charge in [0.25, 0.3) is 0 Å². The van der Waals surface area contributed by atoms with E-state index in [1.54, 1.807) is 6.92 Å². The SMILES string of the molecule is CCOC(=O)C(Br)CC(=O)CBr. The summed E-state index contributed by atoms with van der Waals surface area (Å²) in [6, 6.07) is 0. The molecule has 0 aromatic carbocycles. The van der Waals surface area contributed by atoms with Crippen LogP contribution in [-0.4, -0.2) is 28.5 Å². The highest BCUT2D eigenvalue weighted by Crippen LogP contribution is 2.08. The highest BCUT2D eigenvalue weighted by molar-refractivity contribution is 9.10. The van der Waals surface area contributed by atoms with E-state index in [2.05, 4.69) is 31.9 Å². The van der Waals surface area contributed by atoms with E-state index in [-0.39, 0.29) is 23.5 Å². The number of hydrogen-bond donors (Lipinski definition) is 0. The number of halogens is 2. The molecule has 0 aliphatic heterocycles. The number of rotatable bonds is 5. The van der Waals surface area contributed by atoms with Crippen molar-refractivity contribution in [3.63, 3.8) is 0 Å². The molecule has 0 saturated carbocycles. The highest BCUT2D eigenvalue weighted by atomic mass is 79.9. The number of ether oxygens (including phenoxy) is 1. The van der Waals surface area contributed by atoms with Crippen molar-refractivity contribution in [2.24, 2.45) is 0 Å². The molecule has 0 rings (SSSR count). The van der Waals surface area contributed by atoms with Gasteiger partial charge in [-0.15, -0.1) is 0 Å². The van der Waals surface area contributed by atoms with Gasteiger partial charge in [-0.25, -0.2) is 0 Å². The fourth-order valence-electron chi connectivity index (χ4n) is 0.570. The summed E-state index contributed by atoms with van der Waals surface area (Å²) in [5.74, 6) is -0.406. The summed E-state index contributed by atoms with van der Waals surface area (Å²) < 4.78 is 4.70. The number of esters is 1. The summed E-state index contributed by atoms with van der Waals surface area (Å²) in [4.78, 5) is 21.3. The minimum absolute atomic E-state index is 0.0232. The van der Waals surface area contributed by atoms with E-state index in [1.165, 1.54) is 0 Å². The van der Waals surface area contributed by atoms with Crippen molar-refractivity contribution >= 4 is 43.6 Å². The van der Waals surface area contributed by atoms with Crippen molar-refractivity contribution in [2.75, 3.05) is 11.9 Å². The van der Waals surface area contributed by atoms with Crippen molar-refractivity contribution < 1.29 is 14.3 Å². The minimum Gasteiger partial charge on any atom is -0.465 e. The summed E-state index contributed by atoms with van der Waals surface area (Å²) in [5, 5.41) is 0.272. The first-order valence-electron chi connectivity index (χ1n) is 3.50. The zero-order chi connectivity index (χ0) is 9.56. The molecular formula is C7H10Br2O3. The zero-order valence-corrected chi connectivity index (χ0v) is 9.85. The Morgan fingerprint density at radius 1 is 1.50 bits per heavy atom. The molecule has 70 valence electrons. The summed E-state index contributed by atoms with van der Waals surface area (Å²) in [7, 11) is 0. The molecule has 0 spiro atoms. The summed E-state index contributed by atoms with van der Waals surface area (Å²) >= 11 is 6.08. The maximum Gasteiger partial charge on any atom is 0.320 e. The second kappa shape index (κ2) is 6.60. The average Bonchev–Trinajstić information content (AvgIpc) is 2.04. The molecule has 0 fully saturated rings. The molecule has 0 aromatic rings. The Morgan fingerprint density at radius 2 is 2.08 bits per heavy atom. The van der Waals surface area contributed by atoms with E-state index >= 15 is 0 Å². The molecule has 0 heterocycles. The van der Waals surface area contributed by atoms with E-state index in [0.29, 0.717) is 6.61 Å². The van der Waals surface area contributed by atoms with Gasteiger partial charge in [0, 0.05) is 6.42 Å². The topological polar surface area (TPSA) is 43.4 Å². The molecule has 1 atom stereocenters. The van der Waals surface area contributed by atoms with E-state index in [9.17, 15) is 9.59 Å². The summed E-state index contributed by atoms with van der Waals surface area (Å²) in [6.07, 6.45) is 0.171. The van der Waals surface area contributed by atoms with Gasteiger partial charge in [-0.2, -0.15) is 0 Å². The van der Waals surface area contributed by atoms with Gasteiger partial charge in [0.2, 0.25) is 0 Å². The lowest BCUT2D eigenvalue weighted by Gasteiger charge is -2.06. The predicted octanol–water partition coefficient (Wildman–Crippen LogP) is 1.67. The van der Waals surface area contributed by atoms with Crippen LogP contribution >= 0.6 is 31.9 Å². The third-order valence-electron chi connectivity index (χ3n) is 1.10. The molecule has 1 unspecified atom stereocenters. The fourth-order valence-corrected chi connectivity index (χ4v) is 1.29. The maximum absolute atomic E-state index is 11.0. The first-order chi connectivity index (χ1) is 5.61. The van der Waals surface area contributed by atoms with Crippen molar-refractivity contribution in [1.82, 2.24) is 0 Å². The molecular weight excluding hydrogens is 292 g/mol. The average molecular weight is 302 g/mol. The Labute approximate surface area is 88.1 Å². The number of Topliss-reactive ketones (excluding diaryl/α,β-unsaturated/α-hetero) is 1. The van der Waals surface area contributed by atoms with Gasteiger partial charge >= 0.3 is 5.97 Å². The van der Waals surface area contributed by atoms with Gasteiger partial charge in [-0.3, -0.25) is 9.59 Å². The Bertz CT molecular complexity index is 170. The Balaban J connectivity index is 3.78. The van der Waals surface area contributed by atoms with Crippen molar-refractivity contribution in [1.29, 1.82) is 0 Å². The number of hydrogen-bond acceptors (Lipinski definition) is 3. The number of alkyl halides is 2. The molecule has 0 aromatic heterocycles. The minimum atomic E-state index is -0.512. The fraction of sp³-hybridized carbons (Fsp3) is 0.714.